The number of aryl methyl sites for hydroxylation is 1. The summed E-state index contributed by atoms with van der Waals surface area (Å²) >= 11 is 0. The summed E-state index contributed by atoms with van der Waals surface area (Å²) < 4.78 is 25.4. The van der Waals surface area contributed by atoms with Crippen LogP contribution in [0.5, 0.6) is 0 Å². The number of hydrogen-bond donors (Lipinski definition) is 1. The molecule has 140 valence electrons. The minimum absolute atomic E-state index is 0.0357. The lowest BCUT2D eigenvalue weighted by atomic mass is 10.1. The molecule has 0 heterocycles. The van der Waals surface area contributed by atoms with Crippen molar-refractivity contribution < 1.29 is 13.3 Å². The van der Waals surface area contributed by atoms with Gasteiger partial charge in [-0.05, 0) is 37.1 Å². The second kappa shape index (κ2) is 7.94. The number of hydrogen-bond acceptors (Lipinski definition) is 5. The van der Waals surface area contributed by atoms with Gasteiger partial charge in [-0.3, -0.25) is 10.1 Å². The number of rotatable bonds is 7. The molecule has 0 fully saturated rings. The lowest BCUT2D eigenvalue weighted by molar-refractivity contribution is -0.385. The summed E-state index contributed by atoms with van der Waals surface area (Å²) in [6, 6.07) is 11.8. The van der Waals surface area contributed by atoms with Crippen LogP contribution in [0.25, 0.3) is 0 Å². The predicted molar refractivity (Wildman–Crippen MR) is 100 cm³/mol. The molecule has 1 N–H and O–H groups in total. The van der Waals surface area contributed by atoms with E-state index in [1.54, 1.807) is 43.3 Å². The highest BCUT2D eigenvalue weighted by Gasteiger charge is 2.17. The van der Waals surface area contributed by atoms with Gasteiger partial charge in [0.2, 0.25) is 10.0 Å². The van der Waals surface area contributed by atoms with E-state index in [9.17, 15) is 18.5 Å². The maximum absolute atomic E-state index is 12.1. The van der Waals surface area contributed by atoms with Gasteiger partial charge in [-0.2, -0.15) is 0 Å². The molecule has 0 amide bonds. The molecule has 1 unspecified atom stereocenters. The molecule has 0 saturated heterocycles. The standard InChI is InChI=1S/C18H23N3O4S/c1-13-5-6-15(11-18(13)21(22)23)12-19-14(2)16-7-9-17(10-8-16)26(24,25)20(3)4/h5-11,14,19H,12H2,1-4H3. The van der Waals surface area contributed by atoms with E-state index in [-0.39, 0.29) is 21.5 Å². The third-order valence-corrected chi connectivity index (χ3v) is 6.07. The summed E-state index contributed by atoms with van der Waals surface area (Å²) in [6.07, 6.45) is 0. The molecule has 0 aromatic heterocycles. The SMILES string of the molecule is Cc1ccc(CNC(C)c2ccc(S(=O)(=O)N(C)C)cc2)cc1[N+](=O)[O-]. The zero-order valence-electron chi connectivity index (χ0n) is 15.3. The molecule has 2 aromatic rings. The molecule has 26 heavy (non-hydrogen) atoms. The molecule has 0 bridgehead atoms. The number of nitro benzene ring substituents is 1. The fraction of sp³-hybridized carbons (Fsp3) is 0.333. The number of nitrogens with zero attached hydrogens (tertiary/aromatic N) is 2. The highest BCUT2D eigenvalue weighted by atomic mass is 32.2. The molecule has 0 saturated carbocycles. The molecule has 0 aliphatic rings. The van der Waals surface area contributed by atoms with Gasteiger partial charge in [-0.1, -0.05) is 24.3 Å². The summed E-state index contributed by atoms with van der Waals surface area (Å²) in [5, 5.41) is 14.3. The van der Waals surface area contributed by atoms with Crippen molar-refractivity contribution in [3.63, 3.8) is 0 Å². The average molecular weight is 377 g/mol. The van der Waals surface area contributed by atoms with Gasteiger partial charge in [0.05, 0.1) is 9.82 Å². The van der Waals surface area contributed by atoms with Gasteiger partial charge in [0, 0.05) is 38.3 Å². The van der Waals surface area contributed by atoms with E-state index in [2.05, 4.69) is 5.32 Å². The second-order valence-electron chi connectivity index (χ2n) is 6.34. The first-order valence-electron chi connectivity index (χ1n) is 8.12. The van der Waals surface area contributed by atoms with Gasteiger partial charge in [0.25, 0.3) is 5.69 Å². The molecule has 8 heteroatoms. The van der Waals surface area contributed by atoms with Gasteiger partial charge in [0.1, 0.15) is 0 Å². The minimum Gasteiger partial charge on any atom is -0.306 e. The topological polar surface area (TPSA) is 92.6 Å². The van der Waals surface area contributed by atoms with Crippen LogP contribution in [0.2, 0.25) is 0 Å². The van der Waals surface area contributed by atoms with E-state index < -0.39 is 10.0 Å². The van der Waals surface area contributed by atoms with Crippen molar-refractivity contribution in [3.8, 4) is 0 Å². The van der Waals surface area contributed by atoms with Crippen LogP contribution < -0.4 is 5.32 Å². The Balaban J connectivity index is 2.08. The van der Waals surface area contributed by atoms with Gasteiger partial charge in [-0.15, -0.1) is 0 Å². The summed E-state index contributed by atoms with van der Waals surface area (Å²) in [6.45, 7) is 4.14. The molecule has 0 aliphatic heterocycles. The fourth-order valence-corrected chi connectivity index (χ4v) is 3.39. The molecule has 0 radical (unpaired) electrons. The molecule has 7 nitrogen and oxygen atoms in total. The van der Waals surface area contributed by atoms with Gasteiger partial charge >= 0.3 is 0 Å². The van der Waals surface area contributed by atoms with Crippen LogP contribution in [0.3, 0.4) is 0 Å². The van der Waals surface area contributed by atoms with E-state index >= 15 is 0 Å². The minimum atomic E-state index is -3.44. The zero-order valence-corrected chi connectivity index (χ0v) is 16.1. The normalized spacial score (nSPS) is 13.0. The van der Waals surface area contributed by atoms with Crippen molar-refractivity contribution in [1.82, 2.24) is 9.62 Å². The molecule has 1 atom stereocenters. The Morgan fingerprint density at radius 2 is 1.77 bits per heavy atom. The van der Waals surface area contributed by atoms with E-state index in [1.807, 2.05) is 13.0 Å². The Labute approximate surface area is 153 Å². The Kier molecular flexibility index (Phi) is 6.12. The Bertz CT molecular complexity index is 893. The van der Waals surface area contributed by atoms with Crippen LogP contribution in [0.1, 0.15) is 29.7 Å². The van der Waals surface area contributed by atoms with Gasteiger partial charge < -0.3 is 5.32 Å². The summed E-state index contributed by atoms with van der Waals surface area (Å²) in [4.78, 5) is 10.9. The number of nitrogens with one attached hydrogen (secondary N) is 1. The van der Waals surface area contributed by atoms with E-state index in [4.69, 9.17) is 0 Å². The van der Waals surface area contributed by atoms with E-state index in [1.165, 1.54) is 18.4 Å². The van der Waals surface area contributed by atoms with Crippen molar-refractivity contribution in [2.24, 2.45) is 0 Å². The molecular weight excluding hydrogens is 354 g/mol. The first-order chi connectivity index (χ1) is 12.1. The van der Waals surface area contributed by atoms with E-state index in [0.717, 1.165) is 11.1 Å². The van der Waals surface area contributed by atoms with Crippen molar-refractivity contribution >= 4 is 15.7 Å². The summed E-state index contributed by atoms with van der Waals surface area (Å²) in [5.41, 5.74) is 2.49. The lowest BCUT2D eigenvalue weighted by Gasteiger charge is -2.16. The van der Waals surface area contributed by atoms with Gasteiger partial charge in [0.15, 0.2) is 0 Å². The van der Waals surface area contributed by atoms with Crippen LogP contribution in [-0.4, -0.2) is 31.7 Å². The third kappa shape index (κ3) is 4.46. The molecule has 2 aromatic carbocycles. The van der Waals surface area contributed by atoms with Crippen molar-refractivity contribution in [2.45, 2.75) is 31.3 Å². The molecule has 2 rings (SSSR count). The number of benzene rings is 2. The quantitative estimate of drug-likeness (QED) is 0.591. The van der Waals surface area contributed by atoms with Gasteiger partial charge in [-0.25, -0.2) is 12.7 Å². The zero-order chi connectivity index (χ0) is 19.5. The van der Waals surface area contributed by atoms with Crippen LogP contribution in [0, 0.1) is 17.0 Å². The van der Waals surface area contributed by atoms with Crippen LogP contribution in [-0.2, 0) is 16.6 Å². The van der Waals surface area contributed by atoms with E-state index in [0.29, 0.717) is 12.1 Å². The first kappa shape index (κ1) is 20.0. The lowest BCUT2D eigenvalue weighted by Crippen LogP contribution is -2.22. The van der Waals surface area contributed by atoms with Crippen LogP contribution >= 0.6 is 0 Å². The molecular formula is C18H23N3O4S. The average Bonchev–Trinajstić information content (AvgIpc) is 2.60. The van der Waals surface area contributed by atoms with Crippen LogP contribution in [0.15, 0.2) is 47.4 Å². The third-order valence-electron chi connectivity index (χ3n) is 4.24. The van der Waals surface area contributed by atoms with Crippen molar-refractivity contribution in [3.05, 3.63) is 69.3 Å². The monoisotopic (exact) mass is 377 g/mol. The Morgan fingerprint density at radius 3 is 2.31 bits per heavy atom. The summed E-state index contributed by atoms with van der Waals surface area (Å²) in [5.74, 6) is 0. The summed E-state index contributed by atoms with van der Waals surface area (Å²) in [7, 11) is -0.454. The number of sulfonamides is 1. The first-order valence-corrected chi connectivity index (χ1v) is 9.56. The largest absolute Gasteiger partial charge is 0.306 e. The fourth-order valence-electron chi connectivity index (χ4n) is 2.49. The molecule has 0 spiro atoms. The van der Waals surface area contributed by atoms with Crippen molar-refractivity contribution in [2.75, 3.05) is 14.1 Å². The maximum Gasteiger partial charge on any atom is 0.272 e. The molecule has 0 aliphatic carbocycles. The maximum atomic E-state index is 12.1. The van der Waals surface area contributed by atoms with Crippen LogP contribution in [0.4, 0.5) is 5.69 Å². The second-order valence-corrected chi connectivity index (χ2v) is 8.49. The highest BCUT2D eigenvalue weighted by Crippen LogP contribution is 2.21. The smallest absolute Gasteiger partial charge is 0.272 e. The Hall–Kier alpha value is -2.29. The highest BCUT2D eigenvalue weighted by molar-refractivity contribution is 7.89. The van der Waals surface area contributed by atoms with Crippen molar-refractivity contribution in [1.29, 1.82) is 0 Å². The Morgan fingerprint density at radius 1 is 1.15 bits per heavy atom. The number of nitro groups is 1. The predicted octanol–water partition coefficient (Wildman–Crippen LogP) is 3.00.